The monoisotopic (exact) mass is 373 g/mol. The molecule has 0 saturated carbocycles. The molecule has 0 unspecified atom stereocenters. The van der Waals surface area contributed by atoms with Crippen molar-refractivity contribution < 1.29 is 0 Å². The molecule has 5 rings (SSSR count). The minimum Gasteiger partial charge on any atom is -0.285 e. The van der Waals surface area contributed by atoms with E-state index in [-0.39, 0.29) is 5.56 Å². The Bertz CT molecular complexity index is 1300. The lowest BCUT2D eigenvalue weighted by Gasteiger charge is -2.06. The number of fused-ring (bicyclic) bond motifs is 2. The molecule has 5 aromatic rings. The molecule has 4 heterocycles. The molecule has 0 amide bonds. The van der Waals surface area contributed by atoms with Crippen molar-refractivity contribution in [3.8, 4) is 11.3 Å². The van der Waals surface area contributed by atoms with Gasteiger partial charge in [-0.1, -0.05) is 24.3 Å². The van der Waals surface area contributed by atoms with E-state index in [0.717, 1.165) is 32.6 Å². The molecule has 0 spiro atoms. The summed E-state index contributed by atoms with van der Waals surface area (Å²) in [6.07, 6.45) is 4.15. The summed E-state index contributed by atoms with van der Waals surface area (Å²) in [5.41, 5.74) is 3.44. The van der Waals surface area contributed by atoms with E-state index in [1.165, 1.54) is 16.0 Å². The second-order valence-electron chi connectivity index (χ2n) is 6.27. The van der Waals surface area contributed by atoms with Gasteiger partial charge in [-0.05, 0) is 18.2 Å². The Morgan fingerprint density at radius 3 is 2.93 bits per heavy atom. The molecule has 1 aromatic carbocycles. The van der Waals surface area contributed by atoms with Crippen LogP contribution in [0.4, 0.5) is 0 Å². The van der Waals surface area contributed by atoms with Crippen molar-refractivity contribution >= 4 is 32.3 Å². The fourth-order valence-electron chi connectivity index (χ4n) is 3.22. The van der Waals surface area contributed by atoms with E-state index >= 15 is 0 Å². The van der Waals surface area contributed by atoms with Crippen LogP contribution >= 0.6 is 11.3 Å². The van der Waals surface area contributed by atoms with Crippen molar-refractivity contribution in [1.29, 1.82) is 0 Å². The zero-order valence-corrected chi connectivity index (χ0v) is 15.1. The third-order valence-corrected chi connectivity index (χ3v) is 5.51. The summed E-state index contributed by atoms with van der Waals surface area (Å²) >= 11 is 1.51. The zero-order valence-electron chi connectivity index (χ0n) is 14.3. The summed E-state index contributed by atoms with van der Waals surface area (Å²) in [6, 6.07) is 13.9. The van der Waals surface area contributed by atoms with Crippen molar-refractivity contribution in [1.82, 2.24) is 25.0 Å². The molecule has 27 heavy (non-hydrogen) atoms. The molecule has 4 aromatic heterocycles. The van der Waals surface area contributed by atoms with E-state index in [2.05, 4.69) is 26.3 Å². The number of benzene rings is 1. The molecule has 1 N–H and O–H groups in total. The first kappa shape index (κ1) is 15.9. The van der Waals surface area contributed by atoms with Crippen LogP contribution in [0.15, 0.2) is 65.0 Å². The van der Waals surface area contributed by atoms with E-state index in [0.29, 0.717) is 18.4 Å². The molecular formula is C20H15N5OS. The van der Waals surface area contributed by atoms with Gasteiger partial charge in [0, 0.05) is 34.6 Å². The van der Waals surface area contributed by atoms with Gasteiger partial charge in [0.15, 0.2) is 0 Å². The second kappa shape index (κ2) is 6.44. The Labute approximate surface area is 158 Å². The van der Waals surface area contributed by atoms with Gasteiger partial charge in [0.2, 0.25) is 0 Å². The van der Waals surface area contributed by atoms with Crippen LogP contribution in [0.3, 0.4) is 0 Å². The first-order chi connectivity index (χ1) is 13.3. The van der Waals surface area contributed by atoms with E-state index in [4.69, 9.17) is 0 Å². The maximum atomic E-state index is 13.0. The van der Waals surface area contributed by atoms with Crippen LogP contribution < -0.4 is 5.56 Å². The van der Waals surface area contributed by atoms with Crippen LogP contribution in [0.25, 0.3) is 32.2 Å². The summed E-state index contributed by atoms with van der Waals surface area (Å²) in [4.78, 5) is 17.7. The highest BCUT2D eigenvalue weighted by Gasteiger charge is 2.14. The lowest BCUT2D eigenvalue weighted by atomic mass is 10.1. The van der Waals surface area contributed by atoms with E-state index in [1.807, 2.05) is 41.8 Å². The summed E-state index contributed by atoms with van der Waals surface area (Å²) in [7, 11) is 0. The standard InChI is InChI=1S/C20H15N5OS/c26-20-19-15(17-7-9-21-24-17)12-27-18(19)11-22-25(20)10-8-14-6-5-13-3-1-2-4-16(13)23-14/h1-7,9,11-12H,8,10H2,(H,21,24). The minimum absolute atomic E-state index is 0.0902. The number of H-pyrrole nitrogens is 1. The van der Waals surface area contributed by atoms with Crippen molar-refractivity contribution in [2.75, 3.05) is 0 Å². The Hall–Kier alpha value is -3.32. The molecule has 0 aliphatic heterocycles. The van der Waals surface area contributed by atoms with Crippen LogP contribution in [0.2, 0.25) is 0 Å². The maximum absolute atomic E-state index is 13.0. The van der Waals surface area contributed by atoms with Crippen LogP contribution in [0.5, 0.6) is 0 Å². The molecule has 0 fully saturated rings. The Balaban J connectivity index is 1.48. The first-order valence-electron chi connectivity index (χ1n) is 8.62. The van der Waals surface area contributed by atoms with Crippen molar-refractivity contribution in [2.24, 2.45) is 0 Å². The van der Waals surface area contributed by atoms with E-state index < -0.39 is 0 Å². The topological polar surface area (TPSA) is 76.5 Å². The average Bonchev–Trinajstić information content (AvgIpc) is 3.37. The second-order valence-corrected chi connectivity index (χ2v) is 7.18. The Morgan fingerprint density at radius 2 is 2.04 bits per heavy atom. The average molecular weight is 373 g/mol. The van der Waals surface area contributed by atoms with Crippen LogP contribution in [-0.4, -0.2) is 25.0 Å². The number of aromatic amines is 1. The molecule has 0 radical (unpaired) electrons. The third-order valence-electron chi connectivity index (χ3n) is 4.59. The van der Waals surface area contributed by atoms with Crippen LogP contribution in [-0.2, 0) is 13.0 Å². The predicted octanol–water partition coefficient (Wildman–Crippen LogP) is 3.64. The maximum Gasteiger partial charge on any atom is 0.276 e. The lowest BCUT2D eigenvalue weighted by Crippen LogP contribution is -2.23. The number of nitrogens with zero attached hydrogens (tertiary/aromatic N) is 4. The fraction of sp³-hybridized carbons (Fsp3) is 0.100. The highest BCUT2D eigenvalue weighted by molar-refractivity contribution is 7.17. The number of thiophene rings is 1. The van der Waals surface area contributed by atoms with Crippen molar-refractivity contribution in [3.05, 3.63) is 76.3 Å². The highest BCUT2D eigenvalue weighted by atomic mass is 32.1. The van der Waals surface area contributed by atoms with Gasteiger partial charge in [-0.2, -0.15) is 10.2 Å². The number of hydrogen-bond donors (Lipinski definition) is 1. The van der Waals surface area contributed by atoms with Crippen molar-refractivity contribution in [3.63, 3.8) is 0 Å². The smallest absolute Gasteiger partial charge is 0.276 e. The van der Waals surface area contributed by atoms with Gasteiger partial charge in [0.05, 0.1) is 34.0 Å². The Kier molecular flexibility index (Phi) is 3.79. The number of rotatable bonds is 4. The predicted molar refractivity (Wildman–Crippen MR) is 107 cm³/mol. The molecule has 0 aliphatic rings. The molecular weight excluding hydrogens is 358 g/mol. The summed E-state index contributed by atoms with van der Waals surface area (Å²) in [6.45, 7) is 0.482. The first-order valence-corrected chi connectivity index (χ1v) is 9.50. The minimum atomic E-state index is -0.0902. The fourth-order valence-corrected chi connectivity index (χ4v) is 4.12. The van der Waals surface area contributed by atoms with Gasteiger partial charge in [-0.25, -0.2) is 4.68 Å². The van der Waals surface area contributed by atoms with E-state index in [1.54, 1.807) is 12.4 Å². The van der Waals surface area contributed by atoms with E-state index in [9.17, 15) is 4.79 Å². The largest absolute Gasteiger partial charge is 0.285 e. The number of aryl methyl sites for hydroxylation is 2. The number of para-hydroxylation sites is 1. The van der Waals surface area contributed by atoms with Crippen LogP contribution in [0.1, 0.15) is 5.69 Å². The van der Waals surface area contributed by atoms with Gasteiger partial charge < -0.3 is 0 Å². The van der Waals surface area contributed by atoms with Crippen LogP contribution in [0, 0.1) is 0 Å². The molecule has 0 bridgehead atoms. The Morgan fingerprint density at radius 1 is 1.11 bits per heavy atom. The highest BCUT2D eigenvalue weighted by Crippen LogP contribution is 2.29. The normalized spacial score (nSPS) is 11.4. The zero-order chi connectivity index (χ0) is 18.2. The summed E-state index contributed by atoms with van der Waals surface area (Å²) in [5.74, 6) is 0. The molecule has 0 atom stereocenters. The number of aromatic nitrogens is 5. The quantitative estimate of drug-likeness (QED) is 0.522. The molecule has 0 saturated heterocycles. The number of hydrogen-bond acceptors (Lipinski definition) is 5. The molecule has 7 heteroatoms. The van der Waals surface area contributed by atoms with Gasteiger partial charge in [0.1, 0.15) is 0 Å². The van der Waals surface area contributed by atoms with Gasteiger partial charge in [-0.3, -0.25) is 14.9 Å². The summed E-state index contributed by atoms with van der Waals surface area (Å²) < 4.78 is 2.39. The van der Waals surface area contributed by atoms with Gasteiger partial charge in [0.25, 0.3) is 5.56 Å². The number of nitrogens with one attached hydrogen (secondary N) is 1. The number of pyridine rings is 1. The molecule has 6 nitrogen and oxygen atoms in total. The molecule has 132 valence electrons. The van der Waals surface area contributed by atoms with Gasteiger partial charge >= 0.3 is 0 Å². The van der Waals surface area contributed by atoms with Crippen molar-refractivity contribution in [2.45, 2.75) is 13.0 Å². The molecule has 0 aliphatic carbocycles. The lowest BCUT2D eigenvalue weighted by molar-refractivity contribution is 0.580. The third kappa shape index (κ3) is 2.82. The SMILES string of the molecule is O=c1c2c(-c3cc[nH]n3)csc2cnn1CCc1ccc2ccccc2n1. The summed E-state index contributed by atoms with van der Waals surface area (Å²) in [5, 5.41) is 15.1. The van der Waals surface area contributed by atoms with Gasteiger partial charge in [-0.15, -0.1) is 11.3 Å².